The molecule has 1 N–H and O–H groups in total. The maximum Gasteiger partial charge on any atom is 0.0552 e. The fraction of sp³-hybridized carbons (Fsp3) is 1.00. The molecule has 1 saturated carbocycles. The summed E-state index contributed by atoms with van der Waals surface area (Å²) in [4.78, 5) is 2.61. The number of piperidine rings is 1. The summed E-state index contributed by atoms with van der Waals surface area (Å²) in [6, 6.07) is 0. The molecule has 0 spiro atoms. The van der Waals surface area contributed by atoms with Gasteiger partial charge in [-0.05, 0) is 51.0 Å². The highest BCUT2D eigenvalue weighted by Gasteiger charge is 2.25. The number of aliphatic hydroxyl groups excluding tert-OH is 1. The van der Waals surface area contributed by atoms with Crippen molar-refractivity contribution in [2.45, 2.75) is 58.0 Å². The zero-order valence-electron chi connectivity index (χ0n) is 10.7. The Balaban J connectivity index is 1.75. The van der Waals surface area contributed by atoms with Crippen LogP contribution in [0.2, 0.25) is 0 Å². The van der Waals surface area contributed by atoms with Crippen LogP contribution in [0, 0.1) is 11.8 Å². The van der Waals surface area contributed by atoms with Gasteiger partial charge in [-0.2, -0.15) is 0 Å². The lowest BCUT2D eigenvalue weighted by Gasteiger charge is -2.37. The lowest BCUT2D eigenvalue weighted by atomic mass is 9.87. The highest BCUT2D eigenvalue weighted by molar-refractivity contribution is 4.79. The van der Waals surface area contributed by atoms with E-state index in [1.54, 1.807) is 0 Å². The molecular formula is C14H27NO. The van der Waals surface area contributed by atoms with Crippen molar-refractivity contribution in [3.05, 3.63) is 0 Å². The summed E-state index contributed by atoms with van der Waals surface area (Å²) in [6.07, 6.45) is 9.60. The van der Waals surface area contributed by atoms with Gasteiger partial charge in [-0.25, -0.2) is 0 Å². The number of nitrogens with zero attached hydrogens (tertiary/aromatic N) is 1. The molecule has 2 aliphatic rings. The van der Waals surface area contributed by atoms with Crippen LogP contribution < -0.4 is 0 Å². The minimum absolute atomic E-state index is 0.117. The summed E-state index contributed by atoms with van der Waals surface area (Å²) < 4.78 is 0. The number of aliphatic hydroxyl groups is 1. The van der Waals surface area contributed by atoms with Gasteiger partial charge in [0.1, 0.15) is 0 Å². The van der Waals surface area contributed by atoms with Gasteiger partial charge in [0, 0.05) is 13.1 Å². The number of likely N-dealkylation sites (tertiary alicyclic amines) is 1. The normalized spacial score (nSPS) is 31.5. The molecule has 1 aliphatic carbocycles. The Morgan fingerprint density at radius 2 is 1.88 bits per heavy atom. The highest BCUT2D eigenvalue weighted by atomic mass is 16.3. The first-order valence-electron chi connectivity index (χ1n) is 7.16. The van der Waals surface area contributed by atoms with Crippen molar-refractivity contribution < 1.29 is 5.11 Å². The maximum atomic E-state index is 9.67. The quantitative estimate of drug-likeness (QED) is 0.798. The average molecular weight is 225 g/mol. The monoisotopic (exact) mass is 225 g/mol. The van der Waals surface area contributed by atoms with Gasteiger partial charge in [-0.3, -0.25) is 0 Å². The molecule has 1 saturated heterocycles. The summed E-state index contributed by atoms with van der Waals surface area (Å²) in [5.74, 6) is 1.47. The van der Waals surface area contributed by atoms with Crippen molar-refractivity contribution in [2.75, 3.05) is 19.6 Å². The molecule has 2 unspecified atom stereocenters. The molecule has 2 atom stereocenters. The second-order valence-corrected chi connectivity index (χ2v) is 5.91. The van der Waals surface area contributed by atoms with Crippen LogP contribution in [-0.4, -0.2) is 35.7 Å². The van der Waals surface area contributed by atoms with Crippen molar-refractivity contribution in [1.29, 1.82) is 0 Å². The molecule has 2 heteroatoms. The Bertz CT molecular complexity index is 199. The molecule has 94 valence electrons. The van der Waals surface area contributed by atoms with Crippen LogP contribution in [0.25, 0.3) is 0 Å². The third-order valence-corrected chi connectivity index (χ3v) is 4.47. The number of hydrogen-bond donors (Lipinski definition) is 1. The Morgan fingerprint density at radius 1 is 1.12 bits per heavy atom. The summed E-state index contributed by atoms with van der Waals surface area (Å²) in [6.45, 7) is 5.64. The summed E-state index contributed by atoms with van der Waals surface area (Å²) in [7, 11) is 0. The Kier molecular flexibility index (Phi) is 4.66. The van der Waals surface area contributed by atoms with Crippen LogP contribution >= 0.6 is 0 Å². The first kappa shape index (κ1) is 12.4. The van der Waals surface area contributed by atoms with Crippen LogP contribution in [0.3, 0.4) is 0 Å². The molecule has 0 bridgehead atoms. The van der Waals surface area contributed by atoms with Gasteiger partial charge < -0.3 is 10.0 Å². The first-order chi connectivity index (χ1) is 7.75. The first-order valence-corrected chi connectivity index (χ1v) is 7.16. The zero-order valence-corrected chi connectivity index (χ0v) is 10.7. The molecule has 1 aliphatic heterocycles. The molecule has 0 radical (unpaired) electrons. The lowest BCUT2D eigenvalue weighted by Crippen LogP contribution is -2.42. The van der Waals surface area contributed by atoms with Gasteiger partial charge in [0.2, 0.25) is 0 Å². The Labute approximate surface area is 100 Å². The third kappa shape index (κ3) is 3.46. The molecule has 0 aromatic carbocycles. The van der Waals surface area contributed by atoms with Crippen molar-refractivity contribution in [2.24, 2.45) is 11.8 Å². The van der Waals surface area contributed by atoms with Gasteiger partial charge in [-0.1, -0.05) is 19.3 Å². The summed E-state index contributed by atoms with van der Waals surface area (Å²) in [5, 5.41) is 9.67. The minimum Gasteiger partial charge on any atom is -0.393 e. The SMILES string of the molecule is CC(O)C1CCCN(CC2CCCCC2)C1. The second-order valence-electron chi connectivity index (χ2n) is 5.91. The number of rotatable bonds is 3. The van der Waals surface area contributed by atoms with Crippen LogP contribution in [-0.2, 0) is 0 Å². The van der Waals surface area contributed by atoms with E-state index in [4.69, 9.17) is 0 Å². The smallest absolute Gasteiger partial charge is 0.0552 e. The standard InChI is InChI=1S/C14H27NO/c1-12(16)14-8-5-9-15(11-14)10-13-6-3-2-4-7-13/h12-14,16H,2-11H2,1H3. The van der Waals surface area contributed by atoms with Crippen molar-refractivity contribution in [1.82, 2.24) is 4.90 Å². The van der Waals surface area contributed by atoms with Crippen molar-refractivity contribution in [3.63, 3.8) is 0 Å². The van der Waals surface area contributed by atoms with Gasteiger partial charge >= 0.3 is 0 Å². The summed E-state index contributed by atoms with van der Waals surface area (Å²) in [5.41, 5.74) is 0. The molecule has 2 nitrogen and oxygen atoms in total. The predicted molar refractivity (Wildman–Crippen MR) is 67.4 cm³/mol. The van der Waals surface area contributed by atoms with Crippen LogP contribution in [0.5, 0.6) is 0 Å². The van der Waals surface area contributed by atoms with E-state index in [1.165, 1.54) is 58.0 Å². The maximum absolute atomic E-state index is 9.67. The molecule has 2 rings (SSSR count). The molecule has 0 aromatic rings. The van der Waals surface area contributed by atoms with E-state index in [2.05, 4.69) is 4.90 Å². The minimum atomic E-state index is -0.117. The van der Waals surface area contributed by atoms with Gasteiger partial charge in [0.05, 0.1) is 6.10 Å². The Hall–Kier alpha value is -0.0800. The molecular weight excluding hydrogens is 198 g/mol. The van der Waals surface area contributed by atoms with Crippen LogP contribution in [0.4, 0.5) is 0 Å². The van der Waals surface area contributed by atoms with E-state index in [0.29, 0.717) is 5.92 Å². The second kappa shape index (κ2) is 6.02. The average Bonchev–Trinajstić information content (AvgIpc) is 2.30. The molecule has 1 heterocycles. The largest absolute Gasteiger partial charge is 0.393 e. The van der Waals surface area contributed by atoms with Gasteiger partial charge in [0.25, 0.3) is 0 Å². The third-order valence-electron chi connectivity index (χ3n) is 4.47. The molecule has 0 amide bonds. The van der Waals surface area contributed by atoms with E-state index >= 15 is 0 Å². The van der Waals surface area contributed by atoms with Crippen molar-refractivity contribution in [3.8, 4) is 0 Å². The topological polar surface area (TPSA) is 23.5 Å². The van der Waals surface area contributed by atoms with E-state index in [9.17, 15) is 5.11 Å². The zero-order chi connectivity index (χ0) is 11.4. The molecule has 2 fully saturated rings. The summed E-state index contributed by atoms with van der Waals surface area (Å²) >= 11 is 0. The predicted octanol–water partition coefficient (Wildman–Crippen LogP) is 2.66. The lowest BCUT2D eigenvalue weighted by molar-refractivity contribution is 0.0534. The fourth-order valence-corrected chi connectivity index (χ4v) is 3.39. The van der Waals surface area contributed by atoms with E-state index < -0.39 is 0 Å². The fourth-order valence-electron chi connectivity index (χ4n) is 3.39. The van der Waals surface area contributed by atoms with Crippen molar-refractivity contribution >= 4 is 0 Å². The van der Waals surface area contributed by atoms with E-state index in [-0.39, 0.29) is 6.10 Å². The number of hydrogen-bond acceptors (Lipinski definition) is 2. The van der Waals surface area contributed by atoms with Gasteiger partial charge in [-0.15, -0.1) is 0 Å². The molecule has 16 heavy (non-hydrogen) atoms. The van der Waals surface area contributed by atoms with Crippen LogP contribution in [0.1, 0.15) is 51.9 Å². The highest BCUT2D eigenvalue weighted by Crippen LogP contribution is 2.27. The Morgan fingerprint density at radius 3 is 2.56 bits per heavy atom. The molecule has 0 aromatic heterocycles. The van der Waals surface area contributed by atoms with Gasteiger partial charge in [0.15, 0.2) is 0 Å². The van der Waals surface area contributed by atoms with E-state index in [0.717, 1.165) is 12.5 Å². The van der Waals surface area contributed by atoms with Crippen LogP contribution in [0.15, 0.2) is 0 Å². The van der Waals surface area contributed by atoms with E-state index in [1.807, 2.05) is 6.92 Å².